The summed E-state index contributed by atoms with van der Waals surface area (Å²) in [5, 5.41) is 6.19. The number of rotatable bonds is 5. The summed E-state index contributed by atoms with van der Waals surface area (Å²) in [7, 11) is 0. The molecule has 5 nitrogen and oxygen atoms in total. The van der Waals surface area contributed by atoms with E-state index in [2.05, 4.69) is 36.4 Å². The van der Waals surface area contributed by atoms with Gasteiger partial charge in [-0.2, -0.15) is 0 Å². The van der Waals surface area contributed by atoms with Crippen molar-refractivity contribution in [1.29, 1.82) is 0 Å². The second-order valence-electron chi connectivity index (χ2n) is 7.23. The van der Waals surface area contributed by atoms with Crippen molar-refractivity contribution in [1.82, 2.24) is 4.98 Å². The Balaban J connectivity index is 1.65. The SMILES string of the molecule is CC(C)(C)Nc1cncc(C(=O)Nc2ccc(Oc3ccccc3)cc2)c1. The highest BCUT2D eigenvalue weighted by atomic mass is 16.5. The molecule has 138 valence electrons. The van der Waals surface area contributed by atoms with Crippen LogP contribution in [0.4, 0.5) is 11.4 Å². The molecule has 0 aliphatic heterocycles. The zero-order valence-electron chi connectivity index (χ0n) is 15.7. The molecule has 3 rings (SSSR count). The van der Waals surface area contributed by atoms with Crippen LogP contribution in [0.25, 0.3) is 0 Å². The van der Waals surface area contributed by atoms with Gasteiger partial charge in [0.2, 0.25) is 0 Å². The number of benzene rings is 2. The number of carbonyl (C=O) groups is 1. The molecule has 1 aromatic heterocycles. The van der Waals surface area contributed by atoms with Crippen LogP contribution in [0.3, 0.4) is 0 Å². The van der Waals surface area contributed by atoms with E-state index in [1.165, 1.54) is 0 Å². The van der Waals surface area contributed by atoms with E-state index in [-0.39, 0.29) is 11.4 Å². The molecule has 0 atom stereocenters. The lowest BCUT2D eigenvalue weighted by molar-refractivity contribution is 0.102. The summed E-state index contributed by atoms with van der Waals surface area (Å²) in [4.78, 5) is 16.6. The number of amides is 1. The van der Waals surface area contributed by atoms with Gasteiger partial charge in [-0.05, 0) is 63.2 Å². The molecule has 1 heterocycles. The van der Waals surface area contributed by atoms with Crippen LogP contribution in [0.15, 0.2) is 73.1 Å². The first-order chi connectivity index (χ1) is 12.9. The van der Waals surface area contributed by atoms with E-state index in [0.29, 0.717) is 17.0 Å². The number of para-hydroxylation sites is 1. The third-order valence-electron chi connectivity index (χ3n) is 3.61. The van der Waals surface area contributed by atoms with Crippen molar-refractivity contribution in [2.45, 2.75) is 26.3 Å². The van der Waals surface area contributed by atoms with Crippen LogP contribution >= 0.6 is 0 Å². The lowest BCUT2D eigenvalue weighted by Gasteiger charge is -2.22. The molecule has 0 unspecified atom stereocenters. The van der Waals surface area contributed by atoms with Crippen molar-refractivity contribution in [2.24, 2.45) is 0 Å². The van der Waals surface area contributed by atoms with Crippen LogP contribution in [0.5, 0.6) is 11.5 Å². The minimum Gasteiger partial charge on any atom is -0.457 e. The van der Waals surface area contributed by atoms with Crippen molar-refractivity contribution < 1.29 is 9.53 Å². The molecule has 0 saturated carbocycles. The van der Waals surface area contributed by atoms with Gasteiger partial charge >= 0.3 is 0 Å². The number of ether oxygens (including phenoxy) is 1. The molecule has 1 amide bonds. The average Bonchev–Trinajstić information content (AvgIpc) is 2.63. The van der Waals surface area contributed by atoms with E-state index in [9.17, 15) is 4.79 Å². The Morgan fingerprint density at radius 3 is 2.22 bits per heavy atom. The molecule has 2 N–H and O–H groups in total. The summed E-state index contributed by atoms with van der Waals surface area (Å²) < 4.78 is 5.75. The van der Waals surface area contributed by atoms with E-state index in [1.807, 2.05) is 42.5 Å². The normalized spacial score (nSPS) is 10.9. The number of hydrogen-bond donors (Lipinski definition) is 2. The van der Waals surface area contributed by atoms with Gasteiger partial charge in [-0.25, -0.2) is 0 Å². The lowest BCUT2D eigenvalue weighted by atomic mass is 10.1. The molecule has 0 radical (unpaired) electrons. The van der Waals surface area contributed by atoms with Crippen LogP contribution in [0.2, 0.25) is 0 Å². The molecule has 0 fully saturated rings. The molecule has 5 heteroatoms. The number of pyridine rings is 1. The fraction of sp³-hybridized carbons (Fsp3) is 0.182. The largest absolute Gasteiger partial charge is 0.457 e. The zero-order chi connectivity index (χ0) is 19.3. The van der Waals surface area contributed by atoms with Crippen LogP contribution in [-0.4, -0.2) is 16.4 Å². The van der Waals surface area contributed by atoms with Gasteiger partial charge in [0.15, 0.2) is 0 Å². The van der Waals surface area contributed by atoms with Crippen molar-refractivity contribution in [3.63, 3.8) is 0 Å². The first kappa shape index (κ1) is 18.5. The van der Waals surface area contributed by atoms with E-state index in [1.54, 1.807) is 30.6 Å². The van der Waals surface area contributed by atoms with Crippen molar-refractivity contribution in [3.05, 3.63) is 78.6 Å². The summed E-state index contributed by atoms with van der Waals surface area (Å²) in [6.07, 6.45) is 3.26. The predicted octanol–water partition coefficient (Wildman–Crippen LogP) is 5.34. The standard InChI is InChI=1S/C22H23N3O2/c1-22(2,3)25-18-13-16(14-23-15-18)21(26)24-17-9-11-20(12-10-17)27-19-7-5-4-6-8-19/h4-15,25H,1-3H3,(H,24,26). The molecule has 0 aliphatic rings. The maximum absolute atomic E-state index is 12.5. The van der Waals surface area contributed by atoms with Crippen LogP contribution < -0.4 is 15.4 Å². The molecular weight excluding hydrogens is 338 g/mol. The van der Waals surface area contributed by atoms with Crippen molar-refractivity contribution in [3.8, 4) is 11.5 Å². The van der Waals surface area contributed by atoms with Crippen LogP contribution in [0.1, 0.15) is 31.1 Å². The number of nitrogens with zero attached hydrogens (tertiary/aromatic N) is 1. The van der Waals surface area contributed by atoms with E-state index in [0.717, 1.165) is 11.4 Å². The molecule has 0 aliphatic carbocycles. The van der Waals surface area contributed by atoms with E-state index >= 15 is 0 Å². The molecular formula is C22H23N3O2. The van der Waals surface area contributed by atoms with Gasteiger partial charge in [0.1, 0.15) is 11.5 Å². The number of hydrogen-bond acceptors (Lipinski definition) is 4. The highest BCUT2D eigenvalue weighted by Crippen LogP contribution is 2.23. The van der Waals surface area contributed by atoms with Gasteiger partial charge in [0, 0.05) is 23.6 Å². The zero-order valence-corrected chi connectivity index (χ0v) is 15.7. The van der Waals surface area contributed by atoms with Crippen LogP contribution in [-0.2, 0) is 0 Å². The van der Waals surface area contributed by atoms with E-state index < -0.39 is 0 Å². The van der Waals surface area contributed by atoms with Crippen molar-refractivity contribution >= 4 is 17.3 Å². The fourth-order valence-electron chi connectivity index (χ4n) is 2.50. The van der Waals surface area contributed by atoms with Gasteiger partial charge in [-0.15, -0.1) is 0 Å². The van der Waals surface area contributed by atoms with Gasteiger partial charge < -0.3 is 15.4 Å². The summed E-state index contributed by atoms with van der Waals surface area (Å²) in [6.45, 7) is 6.16. The Morgan fingerprint density at radius 2 is 1.56 bits per heavy atom. The smallest absolute Gasteiger partial charge is 0.257 e. The van der Waals surface area contributed by atoms with Gasteiger partial charge in [-0.3, -0.25) is 9.78 Å². The minimum absolute atomic E-state index is 0.106. The molecule has 2 aromatic carbocycles. The molecule has 0 spiro atoms. The Hall–Kier alpha value is -3.34. The van der Waals surface area contributed by atoms with E-state index in [4.69, 9.17) is 4.74 Å². The summed E-state index contributed by atoms with van der Waals surface area (Å²) >= 11 is 0. The lowest BCUT2D eigenvalue weighted by Crippen LogP contribution is -2.26. The molecule has 27 heavy (non-hydrogen) atoms. The maximum Gasteiger partial charge on any atom is 0.257 e. The van der Waals surface area contributed by atoms with Gasteiger partial charge in [0.25, 0.3) is 5.91 Å². The second kappa shape index (κ2) is 7.91. The summed E-state index contributed by atoms with van der Waals surface area (Å²) in [6, 6.07) is 18.6. The summed E-state index contributed by atoms with van der Waals surface area (Å²) in [5.41, 5.74) is 1.89. The Kier molecular flexibility index (Phi) is 5.41. The quantitative estimate of drug-likeness (QED) is 0.644. The Bertz CT molecular complexity index is 901. The first-order valence-electron chi connectivity index (χ1n) is 8.77. The number of carbonyl (C=O) groups excluding carboxylic acids is 1. The fourth-order valence-corrected chi connectivity index (χ4v) is 2.50. The topological polar surface area (TPSA) is 63.2 Å². The minimum atomic E-state index is -0.211. The second-order valence-corrected chi connectivity index (χ2v) is 7.23. The number of aromatic nitrogens is 1. The highest BCUT2D eigenvalue weighted by Gasteiger charge is 2.12. The molecule has 3 aromatic rings. The monoisotopic (exact) mass is 361 g/mol. The van der Waals surface area contributed by atoms with Crippen molar-refractivity contribution in [2.75, 3.05) is 10.6 Å². The maximum atomic E-state index is 12.5. The van der Waals surface area contributed by atoms with Crippen LogP contribution in [0, 0.1) is 0 Å². The number of anilines is 2. The first-order valence-corrected chi connectivity index (χ1v) is 8.77. The summed E-state index contributed by atoms with van der Waals surface area (Å²) in [5.74, 6) is 1.26. The average molecular weight is 361 g/mol. The Labute approximate surface area is 159 Å². The predicted molar refractivity (Wildman–Crippen MR) is 109 cm³/mol. The third kappa shape index (κ3) is 5.57. The van der Waals surface area contributed by atoms with Gasteiger partial charge in [0.05, 0.1) is 11.3 Å². The molecule has 0 bridgehead atoms. The highest BCUT2D eigenvalue weighted by molar-refractivity contribution is 6.04. The number of nitrogens with one attached hydrogen (secondary N) is 2. The Morgan fingerprint density at radius 1 is 0.889 bits per heavy atom. The third-order valence-corrected chi connectivity index (χ3v) is 3.61. The molecule has 0 saturated heterocycles. The van der Waals surface area contributed by atoms with Gasteiger partial charge in [-0.1, -0.05) is 18.2 Å².